The zero-order valence-corrected chi connectivity index (χ0v) is 13.0. The summed E-state index contributed by atoms with van der Waals surface area (Å²) in [5.74, 6) is 0. The van der Waals surface area contributed by atoms with E-state index < -0.39 is 10.0 Å². The molecule has 0 amide bonds. The number of rotatable bonds is 9. The van der Waals surface area contributed by atoms with Crippen LogP contribution < -0.4 is 10.5 Å². The van der Waals surface area contributed by atoms with Gasteiger partial charge in [-0.15, -0.1) is 11.3 Å². The minimum absolute atomic E-state index is 0.220. The van der Waals surface area contributed by atoms with Gasteiger partial charge in [-0.2, -0.15) is 0 Å². The third-order valence-electron chi connectivity index (χ3n) is 2.42. The van der Waals surface area contributed by atoms with Gasteiger partial charge in [0.1, 0.15) is 4.21 Å². The zero-order valence-electron chi connectivity index (χ0n) is 11.4. The Morgan fingerprint density at radius 2 is 2.11 bits per heavy atom. The second kappa shape index (κ2) is 7.96. The average Bonchev–Trinajstić information content (AvgIpc) is 2.82. The Balaban J connectivity index is 2.31. The number of hydrogen-bond acceptors (Lipinski definition) is 5. The third kappa shape index (κ3) is 6.01. The molecule has 5 nitrogen and oxygen atoms in total. The number of nitrogens with two attached hydrogens (primary N) is 1. The van der Waals surface area contributed by atoms with Crippen molar-refractivity contribution in [3.05, 3.63) is 17.0 Å². The van der Waals surface area contributed by atoms with Gasteiger partial charge in [0.05, 0.1) is 6.10 Å². The number of unbranched alkanes of at least 4 members (excludes halogenated alkanes) is 1. The standard InChI is InChI=1S/C12H22N2O3S2/c1-10(2)17-8-4-3-7-14-19(15,16)12-6-5-11(9-13)18-12/h5-6,10,14H,3-4,7-9,13H2,1-2H3. The maximum Gasteiger partial charge on any atom is 0.250 e. The summed E-state index contributed by atoms with van der Waals surface area (Å²) in [5.41, 5.74) is 5.47. The molecule has 110 valence electrons. The molecule has 0 atom stereocenters. The van der Waals surface area contributed by atoms with Gasteiger partial charge in [0.15, 0.2) is 0 Å². The molecule has 0 aliphatic rings. The van der Waals surface area contributed by atoms with Gasteiger partial charge in [-0.05, 0) is 38.8 Å². The maximum absolute atomic E-state index is 11.9. The normalized spacial score (nSPS) is 12.2. The fourth-order valence-electron chi connectivity index (χ4n) is 1.44. The summed E-state index contributed by atoms with van der Waals surface area (Å²) in [7, 11) is -3.38. The van der Waals surface area contributed by atoms with Crippen LogP contribution in [0.4, 0.5) is 0 Å². The molecule has 19 heavy (non-hydrogen) atoms. The summed E-state index contributed by atoms with van der Waals surface area (Å²) in [5, 5.41) is 0. The van der Waals surface area contributed by atoms with Crippen LogP contribution in [0, 0.1) is 0 Å². The van der Waals surface area contributed by atoms with Crippen LogP contribution in [0.25, 0.3) is 0 Å². The van der Waals surface area contributed by atoms with Crippen LogP contribution in [0.3, 0.4) is 0 Å². The first-order valence-corrected chi connectivity index (χ1v) is 8.65. The van der Waals surface area contributed by atoms with Crippen molar-refractivity contribution in [3.63, 3.8) is 0 Å². The summed E-state index contributed by atoms with van der Waals surface area (Å²) >= 11 is 1.21. The summed E-state index contributed by atoms with van der Waals surface area (Å²) in [6.45, 7) is 5.42. The fourth-order valence-corrected chi connectivity index (χ4v) is 3.79. The highest BCUT2D eigenvalue weighted by molar-refractivity contribution is 7.91. The molecule has 1 heterocycles. The van der Waals surface area contributed by atoms with Crippen molar-refractivity contribution in [2.45, 2.75) is 43.5 Å². The van der Waals surface area contributed by atoms with E-state index >= 15 is 0 Å². The number of nitrogens with one attached hydrogen (secondary N) is 1. The summed E-state index contributed by atoms with van der Waals surface area (Å²) in [6, 6.07) is 3.34. The molecule has 7 heteroatoms. The first-order chi connectivity index (χ1) is 8.95. The van der Waals surface area contributed by atoms with E-state index in [1.165, 1.54) is 11.3 Å². The summed E-state index contributed by atoms with van der Waals surface area (Å²) < 4.78 is 32.2. The van der Waals surface area contributed by atoms with E-state index in [2.05, 4.69) is 4.72 Å². The second-order valence-electron chi connectivity index (χ2n) is 4.45. The summed E-state index contributed by atoms with van der Waals surface area (Å²) in [6.07, 6.45) is 1.83. The van der Waals surface area contributed by atoms with Crippen molar-refractivity contribution >= 4 is 21.4 Å². The molecule has 0 aliphatic heterocycles. The topological polar surface area (TPSA) is 81.4 Å². The van der Waals surface area contributed by atoms with Crippen molar-refractivity contribution in [2.24, 2.45) is 5.73 Å². The third-order valence-corrected chi connectivity index (χ3v) is 5.48. The lowest BCUT2D eigenvalue weighted by Crippen LogP contribution is -2.24. The Hall–Kier alpha value is -0.470. The molecular formula is C12H22N2O3S2. The van der Waals surface area contributed by atoms with E-state index in [0.29, 0.717) is 23.9 Å². The highest BCUT2D eigenvalue weighted by Gasteiger charge is 2.15. The highest BCUT2D eigenvalue weighted by atomic mass is 32.2. The Kier molecular flexibility index (Phi) is 6.95. The molecule has 1 aromatic rings. The first kappa shape index (κ1) is 16.6. The minimum atomic E-state index is -3.38. The Morgan fingerprint density at radius 1 is 1.37 bits per heavy atom. The molecule has 0 saturated carbocycles. The SMILES string of the molecule is CC(C)OCCCCNS(=O)(=O)c1ccc(CN)s1. The average molecular weight is 306 g/mol. The fraction of sp³-hybridized carbons (Fsp3) is 0.667. The molecule has 3 N–H and O–H groups in total. The second-order valence-corrected chi connectivity index (χ2v) is 7.61. The quantitative estimate of drug-likeness (QED) is 0.680. The van der Waals surface area contributed by atoms with E-state index in [9.17, 15) is 8.42 Å². The molecule has 0 aromatic carbocycles. The lowest BCUT2D eigenvalue weighted by Gasteiger charge is -2.07. The molecule has 0 bridgehead atoms. The molecule has 1 rings (SSSR count). The van der Waals surface area contributed by atoms with Gasteiger partial charge in [-0.3, -0.25) is 0 Å². The minimum Gasteiger partial charge on any atom is -0.379 e. The predicted octanol–water partition coefficient (Wildman–Crippen LogP) is 1.69. The molecule has 0 unspecified atom stereocenters. The van der Waals surface area contributed by atoms with Crippen LogP contribution >= 0.6 is 11.3 Å². The molecule has 0 aliphatic carbocycles. The van der Waals surface area contributed by atoms with E-state index in [-0.39, 0.29) is 6.10 Å². The lowest BCUT2D eigenvalue weighted by atomic mass is 10.3. The van der Waals surface area contributed by atoms with E-state index in [1.54, 1.807) is 12.1 Å². The van der Waals surface area contributed by atoms with Crippen LogP contribution in [-0.4, -0.2) is 27.7 Å². The molecule has 1 aromatic heterocycles. The maximum atomic E-state index is 11.9. The van der Waals surface area contributed by atoms with Crippen LogP contribution in [-0.2, 0) is 21.3 Å². The van der Waals surface area contributed by atoms with Crippen molar-refractivity contribution in [1.82, 2.24) is 4.72 Å². The van der Waals surface area contributed by atoms with Crippen molar-refractivity contribution in [2.75, 3.05) is 13.2 Å². The van der Waals surface area contributed by atoms with E-state index in [4.69, 9.17) is 10.5 Å². The monoisotopic (exact) mass is 306 g/mol. The molecule has 0 spiro atoms. The largest absolute Gasteiger partial charge is 0.379 e. The Bertz CT molecular complexity index is 469. The van der Waals surface area contributed by atoms with E-state index in [0.717, 1.165) is 17.7 Å². The van der Waals surface area contributed by atoms with Gasteiger partial charge in [0.2, 0.25) is 10.0 Å². The van der Waals surface area contributed by atoms with Gasteiger partial charge in [0, 0.05) is 24.6 Å². The van der Waals surface area contributed by atoms with E-state index in [1.807, 2.05) is 13.8 Å². The van der Waals surface area contributed by atoms with Crippen LogP contribution in [0.2, 0.25) is 0 Å². The van der Waals surface area contributed by atoms with Gasteiger partial charge in [-0.25, -0.2) is 13.1 Å². The van der Waals surface area contributed by atoms with Crippen LogP contribution in [0.5, 0.6) is 0 Å². The van der Waals surface area contributed by atoms with Gasteiger partial charge >= 0.3 is 0 Å². The van der Waals surface area contributed by atoms with Crippen molar-refractivity contribution in [1.29, 1.82) is 0 Å². The van der Waals surface area contributed by atoms with Gasteiger partial charge < -0.3 is 10.5 Å². The Morgan fingerprint density at radius 3 is 2.68 bits per heavy atom. The van der Waals surface area contributed by atoms with Crippen molar-refractivity contribution < 1.29 is 13.2 Å². The zero-order chi connectivity index (χ0) is 14.3. The number of thiophene rings is 1. The molecule has 0 fully saturated rings. The molecular weight excluding hydrogens is 284 g/mol. The first-order valence-electron chi connectivity index (χ1n) is 6.35. The number of hydrogen-bond donors (Lipinski definition) is 2. The van der Waals surface area contributed by atoms with Gasteiger partial charge in [-0.1, -0.05) is 0 Å². The lowest BCUT2D eigenvalue weighted by molar-refractivity contribution is 0.0762. The van der Waals surface area contributed by atoms with Crippen LogP contribution in [0.15, 0.2) is 16.3 Å². The number of ether oxygens (including phenoxy) is 1. The Labute approximate surface area is 119 Å². The molecule has 0 saturated heterocycles. The predicted molar refractivity (Wildman–Crippen MR) is 77.7 cm³/mol. The van der Waals surface area contributed by atoms with Crippen molar-refractivity contribution in [3.8, 4) is 0 Å². The number of sulfonamides is 1. The molecule has 0 radical (unpaired) electrons. The van der Waals surface area contributed by atoms with Gasteiger partial charge in [0.25, 0.3) is 0 Å². The highest BCUT2D eigenvalue weighted by Crippen LogP contribution is 2.20. The summed E-state index contributed by atoms with van der Waals surface area (Å²) in [4.78, 5) is 0.866. The van der Waals surface area contributed by atoms with Crippen LogP contribution in [0.1, 0.15) is 31.6 Å². The smallest absolute Gasteiger partial charge is 0.250 e.